The summed E-state index contributed by atoms with van der Waals surface area (Å²) in [7, 11) is 1.94. The Labute approximate surface area is 134 Å². The molecule has 1 aliphatic rings. The maximum Gasteiger partial charge on any atom is 0.317 e. The van der Waals surface area contributed by atoms with Gasteiger partial charge < -0.3 is 10.2 Å². The van der Waals surface area contributed by atoms with Crippen LogP contribution in [0.5, 0.6) is 0 Å². The van der Waals surface area contributed by atoms with Gasteiger partial charge in [-0.3, -0.25) is 4.68 Å². The van der Waals surface area contributed by atoms with Crippen molar-refractivity contribution in [2.45, 2.75) is 46.5 Å². The summed E-state index contributed by atoms with van der Waals surface area (Å²) in [6, 6.07) is 0.0996. The Balaban J connectivity index is 1.67. The van der Waals surface area contributed by atoms with E-state index >= 15 is 0 Å². The summed E-state index contributed by atoms with van der Waals surface area (Å²) in [5.74, 6) is 0.560. The zero-order chi connectivity index (χ0) is 16.2. The number of rotatable bonds is 5. The largest absolute Gasteiger partial charge is 0.338 e. The fourth-order valence-electron chi connectivity index (χ4n) is 3.02. The van der Waals surface area contributed by atoms with E-state index in [-0.39, 0.29) is 6.03 Å². The molecule has 0 aromatic carbocycles. The first-order chi connectivity index (χ1) is 10.3. The number of carbonyl (C=O) groups excluding carboxylic acids is 1. The molecule has 0 spiro atoms. The first-order valence-electron chi connectivity index (χ1n) is 8.34. The van der Waals surface area contributed by atoms with Gasteiger partial charge in [-0.15, -0.1) is 0 Å². The third-order valence-electron chi connectivity index (χ3n) is 4.24. The number of nitrogens with one attached hydrogen (secondary N) is 1. The molecule has 1 unspecified atom stereocenters. The molecule has 1 aromatic heterocycles. The van der Waals surface area contributed by atoms with Crippen molar-refractivity contribution in [1.82, 2.24) is 20.0 Å². The van der Waals surface area contributed by atoms with Gasteiger partial charge in [0, 0.05) is 32.9 Å². The molecule has 1 saturated heterocycles. The highest BCUT2D eigenvalue weighted by Gasteiger charge is 2.26. The average Bonchev–Trinajstić information content (AvgIpc) is 3.03. The number of aromatic nitrogens is 2. The highest BCUT2D eigenvalue weighted by Crippen LogP contribution is 2.21. The lowest BCUT2D eigenvalue weighted by Crippen LogP contribution is -2.39. The Morgan fingerprint density at radius 2 is 2.23 bits per heavy atom. The molecule has 0 saturated carbocycles. The van der Waals surface area contributed by atoms with Crippen LogP contribution in [0, 0.1) is 11.3 Å². The van der Waals surface area contributed by atoms with E-state index < -0.39 is 0 Å². The van der Waals surface area contributed by atoms with Gasteiger partial charge in [0.1, 0.15) is 0 Å². The Kier molecular flexibility index (Phi) is 5.48. The molecule has 2 heterocycles. The fraction of sp³-hybridized carbons (Fsp3) is 0.765. The molecule has 1 N–H and O–H groups in total. The molecular formula is C17H30N4O. The van der Waals surface area contributed by atoms with Gasteiger partial charge in [-0.05, 0) is 42.6 Å². The van der Waals surface area contributed by atoms with Crippen LogP contribution in [0.15, 0.2) is 12.4 Å². The zero-order valence-corrected chi connectivity index (χ0v) is 14.4. The monoisotopic (exact) mass is 306 g/mol. The van der Waals surface area contributed by atoms with Crippen molar-refractivity contribution in [2.24, 2.45) is 18.4 Å². The van der Waals surface area contributed by atoms with Crippen molar-refractivity contribution < 1.29 is 4.79 Å². The number of aryl methyl sites for hydroxylation is 1. The second-order valence-corrected chi connectivity index (χ2v) is 7.72. The third-order valence-corrected chi connectivity index (χ3v) is 4.24. The maximum absolute atomic E-state index is 12.2. The summed E-state index contributed by atoms with van der Waals surface area (Å²) < 4.78 is 1.84. The molecule has 0 aliphatic carbocycles. The predicted molar refractivity (Wildman–Crippen MR) is 88.7 cm³/mol. The van der Waals surface area contributed by atoms with Gasteiger partial charge in [0.05, 0.1) is 6.20 Å². The van der Waals surface area contributed by atoms with E-state index in [2.05, 4.69) is 37.4 Å². The first-order valence-corrected chi connectivity index (χ1v) is 8.34. The van der Waals surface area contributed by atoms with Gasteiger partial charge in [0.2, 0.25) is 0 Å². The number of urea groups is 1. The van der Waals surface area contributed by atoms with Crippen molar-refractivity contribution in [3.8, 4) is 0 Å². The van der Waals surface area contributed by atoms with Gasteiger partial charge in [-0.1, -0.05) is 20.8 Å². The highest BCUT2D eigenvalue weighted by molar-refractivity contribution is 5.74. The molecule has 2 amide bonds. The van der Waals surface area contributed by atoms with E-state index in [9.17, 15) is 4.79 Å². The van der Waals surface area contributed by atoms with E-state index in [1.54, 1.807) is 0 Å². The molecule has 0 bridgehead atoms. The quantitative estimate of drug-likeness (QED) is 0.850. The number of carbonyl (C=O) groups is 1. The highest BCUT2D eigenvalue weighted by atomic mass is 16.2. The minimum atomic E-state index is 0.0996. The molecule has 1 aliphatic heterocycles. The number of hydrogen-bond donors (Lipinski definition) is 1. The molecule has 1 atom stereocenters. The van der Waals surface area contributed by atoms with Crippen LogP contribution in [0.4, 0.5) is 4.79 Å². The van der Waals surface area contributed by atoms with Crippen molar-refractivity contribution in [3.05, 3.63) is 18.0 Å². The van der Waals surface area contributed by atoms with Crippen LogP contribution in [0.3, 0.4) is 0 Å². The Bertz CT molecular complexity index is 489. The first kappa shape index (κ1) is 16.8. The van der Waals surface area contributed by atoms with Crippen LogP contribution in [0.2, 0.25) is 0 Å². The van der Waals surface area contributed by atoms with E-state index in [4.69, 9.17) is 0 Å². The topological polar surface area (TPSA) is 50.2 Å². The lowest BCUT2D eigenvalue weighted by molar-refractivity contribution is 0.206. The summed E-state index contributed by atoms with van der Waals surface area (Å²) in [6.45, 7) is 9.21. The summed E-state index contributed by atoms with van der Waals surface area (Å²) in [4.78, 5) is 14.1. The van der Waals surface area contributed by atoms with Crippen LogP contribution in [-0.2, 0) is 13.5 Å². The number of amides is 2. The van der Waals surface area contributed by atoms with Crippen LogP contribution in [0.25, 0.3) is 0 Å². The molecule has 22 heavy (non-hydrogen) atoms. The SMILES string of the molecule is Cn1cc(CC2CCN(C(=O)NCCCC(C)(C)C)C2)cn1. The van der Waals surface area contributed by atoms with E-state index in [1.165, 1.54) is 5.56 Å². The zero-order valence-electron chi connectivity index (χ0n) is 14.4. The Hall–Kier alpha value is -1.52. The van der Waals surface area contributed by atoms with E-state index in [1.807, 2.05) is 22.8 Å². The number of hydrogen-bond acceptors (Lipinski definition) is 2. The summed E-state index contributed by atoms with van der Waals surface area (Å²) >= 11 is 0. The summed E-state index contributed by atoms with van der Waals surface area (Å²) in [5.41, 5.74) is 1.60. The third kappa shape index (κ3) is 5.35. The molecule has 5 heteroatoms. The van der Waals surface area contributed by atoms with E-state index in [0.717, 1.165) is 45.3 Å². The van der Waals surface area contributed by atoms with Gasteiger partial charge >= 0.3 is 6.03 Å². The summed E-state index contributed by atoms with van der Waals surface area (Å²) in [6.07, 6.45) is 8.27. The molecule has 1 aromatic rings. The molecule has 124 valence electrons. The standard InChI is InChI=1S/C17H30N4O/c1-17(2,3)7-5-8-18-16(22)21-9-6-14(13-21)10-15-11-19-20(4)12-15/h11-12,14H,5-10,13H2,1-4H3,(H,18,22). The molecule has 1 fully saturated rings. The lowest BCUT2D eigenvalue weighted by Gasteiger charge is -2.20. The molecular weight excluding hydrogens is 276 g/mol. The van der Waals surface area contributed by atoms with Gasteiger partial charge in [-0.25, -0.2) is 4.79 Å². The van der Waals surface area contributed by atoms with Crippen LogP contribution < -0.4 is 5.32 Å². The second kappa shape index (κ2) is 7.16. The predicted octanol–water partition coefficient (Wildman–Crippen LogP) is 2.82. The number of likely N-dealkylation sites (tertiary alicyclic amines) is 1. The van der Waals surface area contributed by atoms with E-state index in [0.29, 0.717) is 11.3 Å². The van der Waals surface area contributed by atoms with Gasteiger partial charge in [-0.2, -0.15) is 5.10 Å². The van der Waals surface area contributed by atoms with Crippen LogP contribution >= 0.6 is 0 Å². The van der Waals surface area contributed by atoms with Gasteiger partial charge in [0.25, 0.3) is 0 Å². The average molecular weight is 306 g/mol. The minimum absolute atomic E-state index is 0.0996. The smallest absolute Gasteiger partial charge is 0.317 e. The Morgan fingerprint density at radius 1 is 1.45 bits per heavy atom. The van der Waals surface area contributed by atoms with Crippen molar-refractivity contribution in [3.63, 3.8) is 0 Å². The van der Waals surface area contributed by atoms with Crippen molar-refractivity contribution in [1.29, 1.82) is 0 Å². The second-order valence-electron chi connectivity index (χ2n) is 7.72. The minimum Gasteiger partial charge on any atom is -0.338 e. The summed E-state index contributed by atoms with van der Waals surface area (Å²) in [5, 5.41) is 7.26. The molecule has 0 radical (unpaired) electrons. The molecule has 2 rings (SSSR count). The fourth-order valence-corrected chi connectivity index (χ4v) is 3.02. The number of nitrogens with zero attached hydrogens (tertiary/aromatic N) is 3. The van der Waals surface area contributed by atoms with Crippen LogP contribution in [-0.4, -0.2) is 40.3 Å². The lowest BCUT2D eigenvalue weighted by atomic mass is 9.91. The normalized spacial score (nSPS) is 18.7. The van der Waals surface area contributed by atoms with Crippen LogP contribution in [0.1, 0.15) is 45.6 Å². The van der Waals surface area contributed by atoms with Crippen molar-refractivity contribution in [2.75, 3.05) is 19.6 Å². The molecule has 5 nitrogen and oxygen atoms in total. The Morgan fingerprint density at radius 3 is 2.86 bits per heavy atom. The van der Waals surface area contributed by atoms with Gasteiger partial charge in [0.15, 0.2) is 0 Å². The van der Waals surface area contributed by atoms with Crippen molar-refractivity contribution >= 4 is 6.03 Å². The maximum atomic E-state index is 12.2.